The first kappa shape index (κ1) is 11.2. The average Bonchev–Trinajstić information content (AvgIpc) is 1.35. The second-order valence-electron chi connectivity index (χ2n) is 0.871. The molecule has 0 aromatic rings. The Hall–Kier alpha value is 1.39. The molecule has 5 heteroatoms. The van der Waals surface area contributed by atoms with Crippen molar-refractivity contribution < 1.29 is 15.8 Å². The van der Waals surface area contributed by atoms with Gasteiger partial charge in [-0.15, -0.1) is 0 Å². The molecule has 0 unspecified atom stereocenters. The smallest absolute Gasteiger partial charge is 1.00 e. The topological polar surface area (TPSA) is 54.4 Å². The van der Waals surface area contributed by atoms with Crippen LogP contribution in [0, 0.1) is 0 Å². The minimum atomic E-state index is -3.66. The zero-order valence-corrected chi connectivity index (χ0v) is 8.38. The van der Waals surface area contributed by atoms with Crippen LogP contribution in [0.5, 0.6) is 0 Å². The van der Waals surface area contributed by atoms with Crippen LogP contribution in [0.25, 0.3) is 0 Å². The van der Waals surface area contributed by atoms with E-state index in [-0.39, 0.29) is 54.1 Å². The van der Waals surface area contributed by atoms with Crippen LogP contribution in [0.1, 0.15) is 9.78 Å². The summed E-state index contributed by atoms with van der Waals surface area (Å²) in [5.74, 6) is -0.201. The Morgan fingerprint density at radius 3 is 1.86 bits per heavy atom. The third-order valence-corrected chi connectivity index (χ3v) is 1.09. The molecule has 0 rings (SSSR count). The Bertz CT molecular complexity index is 122. The standard InChI is InChI=1S/C2H6O3S.Sr.2H/c1-2-6(3,4)5;;;/h2H2,1H3,(H,3,4,5);;;/q;+2;2*-1. The fourth-order valence-corrected chi connectivity index (χ4v) is 0. The normalized spacial score (nSPS) is 10.0. The molecule has 0 aromatic heterocycles. The first-order valence-corrected chi connectivity index (χ1v) is 3.12. The van der Waals surface area contributed by atoms with E-state index in [1.54, 1.807) is 0 Å². The average molecular weight is 200 g/mol. The van der Waals surface area contributed by atoms with E-state index in [1.807, 2.05) is 0 Å². The van der Waals surface area contributed by atoms with E-state index < -0.39 is 10.1 Å². The van der Waals surface area contributed by atoms with E-state index >= 15 is 0 Å². The second kappa shape index (κ2) is 4.29. The summed E-state index contributed by atoms with van der Waals surface area (Å²) in [4.78, 5) is 0. The van der Waals surface area contributed by atoms with Gasteiger partial charge in [-0.25, -0.2) is 0 Å². The Labute approximate surface area is 83.1 Å². The van der Waals surface area contributed by atoms with Crippen LogP contribution >= 0.6 is 0 Å². The van der Waals surface area contributed by atoms with E-state index in [0.29, 0.717) is 0 Å². The molecule has 0 atom stereocenters. The van der Waals surface area contributed by atoms with Crippen molar-refractivity contribution >= 4 is 55.6 Å². The molecule has 0 saturated heterocycles. The maximum atomic E-state index is 9.56. The van der Waals surface area contributed by atoms with Crippen LogP contribution in [-0.2, 0) is 10.1 Å². The summed E-state index contributed by atoms with van der Waals surface area (Å²) in [5, 5.41) is 0. The van der Waals surface area contributed by atoms with Crippen LogP contribution in [0.3, 0.4) is 0 Å². The molecular formula is C2H8O3SSr. The van der Waals surface area contributed by atoms with Gasteiger partial charge in [0.25, 0.3) is 10.1 Å². The van der Waals surface area contributed by atoms with E-state index in [1.165, 1.54) is 6.92 Å². The van der Waals surface area contributed by atoms with Crippen LogP contribution < -0.4 is 0 Å². The Morgan fingerprint density at radius 2 is 1.86 bits per heavy atom. The molecule has 7 heavy (non-hydrogen) atoms. The van der Waals surface area contributed by atoms with Crippen molar-refractivity contribution in [2.24, 2.45) is 0 Å². The largest absolute Gasteiger partial charge is 2.00 e. The van der Waals surface area contributed by atoms with Gasteiger partial charge in [-0.05, 0) is 6.92 Å². The summed E-state index contributed by atoms with van der Waals surface area (Å²) in [6, 6.07) is 0. The first-order valence-electron chi connectivity index (χ1n) is 1.51. The third kappa shape index (κ3) is 11.1. The predicted molar refractivity (Wildman–Crippen MR) is 30.1 cm³/mol. The Morgan fingerprint density at radius 1 is 1.71 bits per heavy atom. The zero-order valence-electron chi connectivity index (χ0n) is 6.09. The summed E-state index contributed by atoms with van der Waals surface area (Å²) < 4.78 is 26.9. The molecule has 0 aliphatic carbocycles. The summed E-state index contributed by atoms with van der Waals surface area (Å²) in [7, 11) is -3.66. The van der Waals surface area contributed by atoms with Gasteiger partial charge in [0.05, 0.1) is 5.75 Å². The molecule has 0 aliphatic heterocycles. The summed E-state index contributed by atoms with van der Waals surface area (Å²) in [6.07, 6.45) is 0. The molecule has 0 radical (unpaired) electrons. The molecule has 1 N–H and O–H groups in total. The molecular weight excluding hydrogens is 192 g/mol. The van der Waals surface area contributed by atoms with Gasteiger partial charge in [0.15, 0.2) is 0 Å². The zero-order chi connectivity index (χ0) is 5.21. The van der Waals surface area contributed by atoms with Gasteiger partial charge in [0.2, 0.25) is 0 Å². The van der Waals surface area contributed by atoms with E-state index in [9.17, 15) is 8.42 Å². The summed E-state index contributed by atoms with van der Waals surface area (Å²) in [6.45, 7) is 1.37. The predicted octanol–water partition coefficient (Wildman–Crippen LogP) is -0.262. The molecule has 3 nitrogen and oxygen atoms in total. The van der Waals surface area contributed by atoms with Gasteiger partial charge in [-0.1, -0.05) is 0 Å². The van der Waals surface area contributed by atoms with Gasteiger partial charge < -0.3 is 2.85 Å². The number of hydrogen-bond donors (Lipinski definition) is 1. The van der Waals surface area contributed by atoms with Crippen molar-refractivity contribution in [2.45, 2.75) is 6.92 Å². The minimum absolute atomic E-state index is 0. The summed E-state index contributed by atoms with van der Waals surface area (Å²) in [5.41, 5.74) is 0. The van der Waals surface area contributed by atoms with E-state index in [0.717, 1.165) is 0 Å². The van der Waals surface area contributed by atoms with Gasteiger partial charge in [0, 0.05) is 0 Å². The molecule has 0 bridgehead atoms. The number of hydrogen-bond acceptors (Lipinski definition) is 2. The van der Waals surface area contributed by atoms with Crippen molar-refractivity contribution in [3.63, 3.8) is 0 Å². The van der Waals surface area contributed by atoms with E-state index in [4.69, 9.17) is 4.55 Å². The van der Waals surface area contributed by atoms with Crippen molar-refractivity contribution in [3.05, 3.63) is 0 Å². The fourth-order valence-electron chi connectivity index (χ4n) is 0. The quantitative estimate of drug-likeness (QED) is 0.468. The molecule has 0 heterocycles. The maximum Gasteiger partial charge on any atom is 2.00 e. The molecule has 0 fully saturated rings. The van der Waals surface area contributed by atoms with Crippen LogP contribution in [0.2, 0.25) is 0 Å². The monoisotopic (exact) mass is 200 g/mol. The van der Waals surface area contributed by atoms with Crippen molar-refractivity contribution in [3.8, 4) is 0 Å². The van der Waals surface area contributed by atoms with Crippen LogP contribution in [-0.4, -0.2) is 64.2 Å². The fraction of sp³-hybridized carbons (Fsp3) is 1.00. The van der Waals surface area contributed by atoms with Crippen molar-refractivity contribution in [2.75, 3.05) is 5.75 Å². The molecule has 0 amide bonds. The molecule has 42 valence electrons. The number of rotatable bonds is 1. The van der Waals surface area contributed by atoms with E-state index in [2.05, 4.69) is 0 Å². The Kier molecular flexibility index (Phi) is 6.87. The van der Waals surface area contributed by atoms with Gasteiger partial charge in [-0.3, -0.25) is 4.55 Å². The SMILES string of the molecule is CCS(=O)(=O)O.[H-].[H-].[Sr+2]. The van der Waals surface area contributed by atoms with Gasteiger partial charge in [0.1, 0.15) is 0 Å². The molecule has 0 saturated carbocycles. The summed E-state index contributed by atoms with van der Waals surface area (Å²) >= 11 is 0. The second-order valence-corrected chi connectivity index (χ2v) is 2.61. The van der Waals surface area contributed by atoms with Crippen molar-refractivity contribution in [1.82, 2.24) is 0 Å². The maximum absolute atomic E-state index is 9.56. The van der Waals surface area contributed by atoms with Gasteiger partial charge >= 0.3 is 45.5 Å². The molecule has 0 aromatic carbocycles. The molecule has 0 aliphatic rings. The van der Waals surface area contributed by atoms with Crippen molar-refractivity contribution in [1.29, 1.82) is 0 Å². The molecule has 0 spiro atoms. The van der Waals surface area contributed by atoms with Crippen LogP contribution in [0.15, 0.2) is 0 Å². The van der Waals surface area contributed by atoms with Crippen LogP contribution in [0.4, 0.5) is 0 Å². The first-order chi connectivity index (χ1) is 2.56. The van der Waals surface area contributed by atoms with Gasteiger partial charge in [-0.2, -0.15) is 8.42 Å². The Balaban J connectivity index is -0.0000000417. The minimum Gasteiger partial charge on any atom is -1.00 e. The third-order valence-electron chi connectivity index (χ3n) is 0.365.